The van der Waals surface area contributed by atoms with Crippen molar-refractivity contribution in [2.75, 3.05) is 19.0 Å². The lowest BCUT2D eigenvalue weighted by atomic mass is 10.1. The van der Waals surface area contributed by atoms with Crippen LogP contribution in [0.25, 0.3) is 0 Å². The van der Waals surface area contributed by atoms with E-state index < -0.39 is 5.97 Å². The molecule has 1 amide bonds. The Hall–Kier alpha value is -2.08. The molecule has 1 saturated heterocycles. The van der Waals surface area contributed by atoms with Gasteiger partial charge in [-0.2, -0.15) is 0 Å². The Bertz CT molecular complexity index is 566. The van der Waals surface area contributed by atoms with Crippen LogP contribution < -0.4 is 15.4 Å². The normalized spacial score (nSPS) is 17.1. The fourth-order valence-corrected chi connectivity index (χ4v) is 2.59. The van der Waals surface area contributed by atoms with Crippen molar-refractivity contribution >= 4 is 17.6 Å². The molecule has 23 heavy (non-hydrogen) atoms. The number of methoxy groups -OCH3 is 1. The quantitative estimate of drug-likeness (QED) is 0.787. The number of ether oxygens (including phenoxy) is 2. The van der Waals surface area contributed by atoms with Crippen molar-refractivity contribution in [2.45, 2.75) is 45.3 Å². The zero-order valence-corrected chi connectivity index (χ0v) is 13.8. The molecule has 6 heteroatoms. The van der Waals surface area contributed by atoms with Crippen LogP contribution in [-0.2, 0) is 9.53 Å². The molecule has 0 bridgehead atoms. The summed E-state index contributed by atoms with van der Waals surface area (Å²) in [6.45, 7) is 4.77. The number of hydrogen-bond acceptors (Lipinski definition) is 5. The number of carbonyl (C=O) groups excluding carboxylic acids is 2. The van der Waals surface area contributed by atoms with E-state index in [0.29, 0.717) is 23.4 Å². The van der Waals surface area contributed by atoms with Gasteiger partial charge in [-0.05, 0) is 51.4 Å². The molecule has 0 aromatic heterocycles. The maximum absolute atomic E-state index is 12.2. The molecule has 1 aliphatic rings. The second-order valence-electron chi connectivity index (χ2n) is 5.91. The lowest BCUT2D eigenvalue weighted by Gasteiger charge is -2.17. The molecular formula is C17H24N2O4. The zero-order chi connectivity index (χ0) is 16.8. The summed E-state index contributed by atoms with van der Waals surface area (Å²) >= 11 is 0. The van der Waals surface area contributed by atoms with Crippen molar-refractivity contribution < 1.29 is 19.1 Å². The monoisotopic (exact) mass is 320 g/mol. The lowest BCUT2D eigenvalue weighted by molar-refractivity contribution is -0.116. The number of esters is 1. The Morgan fingerprint density at radius 1 is 1.39 bits per heavy atom. The van der Waals surface area contributed by atoms with Crippen molar-refractivity contribution in [3.05, 3.63) is 23.8 Å². The Balaban J connectivity index is 2.14. The van der Waals surface area contributed by atoms with Gasteiger partial charge in [-0.25, -0.2) is 4.79 Å². The summed E-state index contributed by atoms with van der Waals surface area (Å²) in [6, 6.07) is 5.10. The molecule has 0 aliphatic carbocycles. The van der Waals surface area contributed by atoms with E-state index in [9.17, 15) is 9.59 Å². The summed E-state index contributed by atoms with van der Waals surface area (Å²) in [7, 11) is 1.32. The second kappa shape index (κ2) is 7.97. The lowest BCUT2D eigenvalue weighted by Crippen LogP contribution is -2.27. The standard InChI is InChI=1S/C17H24N2O4/c1-11(2)23-15-7-6-12(17(21)22-3)9-14(15)19-16(20)10-13-5-4-8-18-13/h6-7,9,11,13,18H,4-5,8,10H2,1-3H3,(H,19,20). The predicted molar refractivity (Wildman–Crippen MR) is 87.8 cm³/mol. The van der Waals surface area contributed by atoms with Gasteiger partial charge in [-0.15, -0.1) is 0 Å². The summed E-state index contributed by atoms with van der Waals surface area (Å²) in [6.07, 6.45) is 2.47. The number of nitrogens with one attached hydrogen (secondary N) is 2. The van der Waals surface area contributed by atoms with Crippen LogP contribution in [0.2, 0.25) is 0 Å². The maximum Gasteiger partial charge on any atom is 0.337 e. The number of hydrogen-bond donors (Lipinski definition) is 2. The molecule has 1 aromatic carbocycles. The van der Waals surface area contributed by atoms with Gasteiger partial charge in [0.25, 0.3) is 0 Å². The largest absolute Gasteiger partial charge is 0.489 e. The van der Waals surface area contributed by atoms with Crippen molar-refractivity contribution in [3.63, 3.8) is 0 Å². The first-order chi connectivity index (χ1) is 11.0. The number of benzene rings is 1. The maximum atomic E-state index is 12.2. The van der Waals surface area contributed by atoms with Crippen LogP contribution >= 0.6 is 0 Å². The third kappa shape index (κ3) is 4.96. The summed E-state index contributed by atoms with van der Waals surface area (Å²) in [5, 5.41) is 6.14. The fraction of sp³-hybridized carbons (Fsp3) is 0.529. The van der Waals surface area contributed by atoms with E-state index in [1.54, 1.807) is 18.2 Å². The first kappa shape index (κ1) is 17.3. The van der Waals surface area contributed by atoms with Gasteiger partial charge in [0.15, 0.2) is 0 Å². The highest BCUT2D eigenvalue weighted by Crippen LogP contribution is 2.27. The molecule has 126 valence electrons. The number of anilines is 1. The summed E-state index contributed by atoms with van der Waals surface area (Å²) in [4.78, 5) is 23.9. The van der Waals surface area contributed by atoms with Crippen LogP contribution in [0.3, 0.4) is 0 Å². The molecule has 0 saturated carbocycles. The summed E-state index contributed by atoms with van der Waals surface area (Å²) < 4.78 is 10.4. The molecule has 1 heterocycles. The Morgan fingerprint density at radius 2 is 2.17 bits per heavy atom. The highest BCUT2D eigenvalue weighted by molar-refractivity contribution is 5.96. The van der Waals surface area contributed by atoms with Crippen LogP contribution in [0, 0.1) is 0 Å². The Kier molecular flexibility index (Phi) is 5.98. The average molecular weight is 320 g/mol. The van der Waals surface area contributed by atoms with Crippen molar-refractivity contribution in [3.8, 4) is 5.75 Å². The van der Waals surface area contributed by atoms with E-state index in [4.69, 9.17) is 9.47 Å². The zero-order valence-electron chi connectivity index (χ0n) is 13.8. The molecule has 0 spiro atoms. The van der Waals surface area contributed by atoms with E-state index in [0.717, 1.165) is 19.4 Å². The SMILES string of the molecule is COC(=O)c1ccc(OC(C)C)c(NC(=O)CC2CCCN2)c1. The van der Waals surface area contributed by atoms with Crippen LogP contribution in [0.5, 0.6) is 5.75 Å². The van der Waals surface area contributed by atoms with Gasteiger partial charge in [0.2, 0.25) is 5.91 Å². The predicted octanol–water partition coefficient (Wildman–Crippen LogP) is 2.34. The van der Waals surface area contributed by atoms with Gasteiger partial charge in [-0.3, -0.25) is 4.79 Å². The van der Waals surface area contributed by atoms with Gasteiger partial charge >= 0.3 is 5.97 Å². The van der Waals surface area contributed by atoms with E-state index in [-0.39, 0.29) is 18.1 Å². The van der Waals surface area contributed by atoms with Gasteiger partial charge in [0, 0.05) is 12.5 Å². The van der Waals surface area contributed by atoms with Crippen molar-refractivity contribution in [1.82, 2.24) is 5.32 Å². The van der Waals surface area contributed by atoms with E-state index >= 15 is 0 Å². The van der Waals surface area contributed by atoms with Crippen LogP contribution in [-0.4, -0.2) is 37.7 Å². The van der Waals surface area contributed by atoms with E-state index in [2.05, 4.69) is 10.6 Å². The third-order valence-corrected chi connectivity index (χ3v) is 3.63. The Morgan fingerprint density at radius 3 is 2.78 bits per heavy atom. The molecule has 1 fully saturated rings. The van der Waals surface area contributed by atoms with Crippen molar-refractivity contribution in [1.29, 1.82) is 0 Å². The molecule has 1 unspecified atom stereocenters. The number of carbonyl (C=O) groups is 2. The van der Waals surface area contributed by atoms with E-state index in [1.807, 2.05) is 13.8 Å². The fourth-order valence-electron chi connectivity index (χ4n) is 2.59. The van der Waals surface area contributed by atoms with Crippen LogP contribution in [0.4, 0.5) is 5.69 Å². The van der Waals surface area contributed by atoms with Gasteiger partial charge in [-0.1, -0.05) is 0 Å². The average Bonchev–Trinajstić information content (AvgIpc) is 3.00. The Labute approximate surface area is 136 Å². The van der Waals surface area contributed by atoms with Crippen molar-refractivity contribution in [2.24, 2.45) is 0 Å². The molecule has 1 aliphatic heterocycles. The highest BCUT2D eigenvalue weighted by Gasteiger charge is 2.19. The molecule has 0 radical (unpaired) electrons. The van der Waals surface area contributed by atoms with Gasteiger partial charge in [0.05, 0.1) is 24.5 Å². The summed E-state index contributed by atoms with van der Waals surface area (Å²) in [5.74, 6) is -0.00513. The minimum atomic E-state index is -0.450. The van der Waals surface area contributed by atoms with Crippen LogP contribution in [0.15, 0.2) is 18.2 Å². The third-order valence-electron chi connectivity index (χ3n) is 3.63. The topological polar surface area (TPSA) is 76.7 Å². The number of amides is 1. The minimum absolute atomic E-state index is 0.0360. The first-order valence-corrected chi connectivity index (χ1v) is 7.92. The number of rotatable bonds is 6. The molecule has 2 rings (SSSR count). The van der Waals surface area contributed by atoms with Gasteiger partial charge < -0.3 is 20.1 Å². The summed E-state index contributed by atoms with van der Waals surface area (Å²) in [5.41, 5.74) is 0.863. The highest BCUT2D eigenvalue weighted by atomic mass is 16.5. The van der Waals surface area contributed by atoms with Crippen LogP contribution in [0.1, 0.15) is 43.5 Å². The molecule has 1 atom stereocenters. The molecular weight excluding hydrogens is 296 g/mol. The minimum Gasteiger partial charge on any atom is -0.489 e. The van der Waals surface area contributed by atoms with E-state index in [1.165, 1.54) is 7.11 Å². The molecule has 6 nitrogen and oxygen atoms in total. The smallest absolute Gasteiger partial charge is 0.337 e. The van der Waals surface area contributed by atoms with Gasteiger partial charge in [0.1, 0.15) is 5.75 Å². The first-order valence-electron chi connectivity index (χ1n) is 7.92. The molecule has 2 N–H and O–H groups in total. The second-order valence-corrected chi connectivity index (χ2v) is 5.91. The molecule has 1 aromatic rings.